The van der Waals surface area contributed by atoms with E-state index in [2.05, 4.69) is 34.4 Å². The first-order chi connectivity index (χ1) is 10.2. The summed E-state index contributed by atoms with van der Waals surface area (Å²) in [5, 5.41) is 6.87. The van der Waals surface area contributed by atoms with Gasteiger partial charge in [0.15, 0.2) is 0 Å². The molecule has 1 aromatic heterocycles. The van der Waals surface area contributed by atoms with Gasteiger partial charge in [-0.05, 0) is 43.9 Å². The van der Waals surface area contributed by atoms with E-state index in [1.807, 2.05) is 25.1 Å². The summed E-state index contributed by atoms with van der Waals surface area (Å²) < 4.78 is 7.38. The highest BCUT2D eigenvalue weighted by molar-refractivity contribution is 5.92. The van der Waals surface area contributed by atoms with Crippen LogP contribution < -0.4 is 10.6 Å². The number of benzene rings is 1. The SMILES string of the molecule is CCOCCCNC(=O)Nc1ccc2ccn(CC)c2c1. The Kier molecular flexibility index (Phi) is 5.63. The highest BCUT2D eigenvalue weighted by atomic mass is 16.5. The first kappa shape index (κ1) is 15.4. The minimum atomic E-state index is -0.180. The number of carbonyl (C=O) groups is 1. The molecular formula is C16H23N3O2. The van der Waals surface area contributed by atoms with Crippen LogP contribution in [0.25, 0.3) is 10.9 Å². The first-order valence-corrected chi connectivity index (χ1v) is 7.46. The van der Waals surface area contributed by atoms with Crippen LogP contribution in [0.2, 0.25) is 0 Å². The average Bonchev–Trinajstić information content (AvgIpc) is 2.89. The predicted octanol–water partition coefficient (Wildman–Crippen LogP) is 3.21. The highest BCUT2D eigenvalue weighted by Crippen LogP contribution is 2.20. The number of hydrogen-bond donors (Lipinski definition) is 2. The summed E-state index contributed by atoms with van der Waals surface area (Å²) in [6.45, 7) is 6.97. The van der Waals surface area contributed by atoms with Crippen LogP contribution >= 0.6 is 0 Å². The van der Waals surface area contributed by atoms with Gasteiger partial charge in [-0.15, -0.1) is 0 Å². The molecule has 0 saturated heterocycles. The zero-order valence-corrected chi connectivity index (χ0v) is 12.7. The molecular weight excluding hydrogens is 266 g/mol. The third kappa shape index (κ3) is 4.23. The van der Waals surface area contributed by atoms with Crippen molar-refractivity contribution < 1.29 is 9.53 Å². The second-order valence-corrected chi connectivity index (χ2v) is 4.81. The second-order valence-electron chi connectivity index (χ2n) is 4.81. The molecule has 2 rings (SSSR count). The molecule has 1 heterocycles. The quantitative estimate of drug-likeness (QED) is 0.769. The van der Waals surface area contributed by atoms with E-state index in [4.69, 9.17) is 4.74 Å². The number of nitrogens with zero attached hydrogens (tertiary/aromatic N) is 1. The van der Waals surface area contributed by atoms with Crippen LogP contribution in [0.15, 0.2) is 30.5 Å². The largest absolute Gasteiger partial charge is 0.382 e. The Labute approximate surface area is 125 Å². The van der Waals surface area contributed by atoms with E-state index < -0.39 is 0 Å². The number of urea groups is 1. The van der Waals surface area contributed by atoms with Crippen LogP contribution in [0.1, 0.15) is 20.3 Å². The molecule has 2 aromatic rings. The van der Waals surface area contributed by atoms with Gasteiger partial charge in [-0.2, -0.15) is 0 Å². The molecule has 1 aromatic carbocycles. The molecule has 0 unspecified atom stereocenters. The van der Waals surface area contributed by atoms with E-state index in [0.717, 1.165) is 24.2 Å². The van der Waals surface area contributed by atoms with Gasteiger partial charge in [-0.25, -0.2) is 4.79 Å². The number of amides is 2. The van der Waals surface area contributed by atoms with Gasteiger partial charge in [-0.3, -0.25) is 0 Å². The first-order valence-electron chi connectivity index (χ1n) is 7.46. The maximum atomic E-state index is 11.8. The lowest BCUT2D eigenvalue weighted by Crippen LogP contribution is -2.30. The Morgan fingerprint density at radius 3 is 2.90 bits per heavy atom. The van der Waals surface area contributed by atoms with E-state index in [0.29, 0.717) is 19.8 Å². The predicted molar refractivity (Wildman–Crippen MR) is 85.7 cm³/mol. The number of aryl methyl sites for hydroxylation is 1. The molecule has 0 bridgehead atoms. The lowest BCUT2D eigenvalue weighted by atomic mass is 10.2. The fraction of sp³-hybridized carbons (Fsp3) is 0.438. The zero-order valence-electron chi connectivity index (χ0n) is 12.7. The summed E-state index contributed by atoms with van der Waals surface area (Å²) in [5.74, 6) is 0. The van der Waals surface area contributed by atoms with Gasteiger partial charge in [0, 0.05) is 38.2 Å². The Morgan fingerprint density at radius 2 is 2.14 bits per heavy atom. The Hall–Kier alpha value is -2.01. The van der Waals surface area contributed by atoms with E-state index in [-0.39, 0.29) is 6.03 Å². The Bertz CT molecular complexity index is 592. The van der Waals surface area contributed by atoms with Crippen molar-refractivity contribution >= 4 is 22.6 Å². The maximum Gasteiger partial charge on any atom is 0.319 e. The molecule has 0 aliphatic rings. The summed E-state index contributed by atoms with van der Waals surface area (Å²) in [7, 11) is 0. The minimum Gasteiger partial charge on any atom is -0.382 e. The zero-order chi connectivity index (χ0) is 15.1. The van der Waals surface area contributed by atoms with Gasteiger partial charge in [0.05, 0.1) is 5.52 Å². The fourth-order valence-electron chi connectivity index (χ4n) is 2.23. The average molecular weight is 289 g/mol. The van der Waals surface area contributed by atoms with Crippen LogP contribution in [0.3, 0.4) is 0 Å². The minimum absolute atomic E-state index is 0.180. The standard InChI is InChI=1S/C16H23N3O2/c1-3-19-10-8-13-6-7-14(12-15(13)19)18-16(20)17-9-5-11-21-4-2/h6-8,10,12H,3-5,9,11H2,1-2H3,(H2,17,18,20). The van der Waals surface area contributed by atoms with Crippen molar-refractivity contribution in [2.24, 2.45) is 0 Å². The van der Waals surface area contributed by atoms with Crippen LogP contribution in [-0.2, 0) is 11.3 Å². The Balaban J connectivity index is 1.88. The van der Waals surface area contributed by atoms with Crippen LogP contribution in [0.4, 0.5) is 10.5 Å². The van der Waals surface area contributed by atoms with Gasteiger partial charge in [0.2, 0.25) is 0 Å². The van der Waals surface area contributed by atoms with Gasteiger partial charge >= 0.3 is 6.03 Å². The lowest BCUT2D eigenvalue weighted by Gasteiger charge is -2.09. The number of carbonyl (C=O) groups excluding carboxylic acids is 1. The number of fused-ring (bicyclic) bond motifs is 1. The van der Waals surface area contributed by atoms with Crippen molar-refractivity contribution in [3.63, 3.8) is 0 Å². The lowest BCUT2D eigenvalue weighted by molar-refractivity contribution is 0.145. The van der Waals surface area contributed by atoms with E-state index in [9.17, 15) is 4.79 Å². The smallest absolute Gasteiger partial charge is 0.319 e. The van der Waals surface area contributed by atoms with Gasteiger partial charge in [0.25, 0.3) is 0 Å². The fourth-order valence-corrected chi connectivity index (χ4v) is 2.23. The van der Waals surface area contributed by atoms with Crippen molar-refractivity contribution in [2.45, 2.75) is 26.8 Å². The third-order valence-electron chi connectivity index (χ3n) is 3.33. The number of rotatable bonds is 7. The maximum absolute atomic E-state index is 11.8. The molecule has 114 valence electrons. The molecule has 21 heavy (non-hydrogen) atoms. The molecule has 5 heteroatoms. The molecule has 0 fully saturated rings. The third-order valence-corrected chi connectivity index (χ3v) is 3.33. The van der Waals surface area contributed by atoms with E-state index in [1.54, 1.807) is 0 Å². The molecule has 0 atom stereocenters. The van der Waals surface area contributed by atoms with Crippen molar-refractivity contribution in [3.05, 3.63) is 30.5 Å². The van der Waals surface area contributed by atoms with Gasteiger partial charge < -0.3 is 19.9 Å². The summed E-state index contributed by atoms with van der Waals surface area (Å²) >= 11 is 0. The topological polar surface area (TPSA) is 55.3 Å². The number of aromatic nitrogens is 1. The van der Waals surface area contributed by atoms with Crippen molar-refractivity contribution in [3.8, 4) is 0 Å². The second kappa shape index (κ2) is 7.69. The molecule has 0 aliphatic carbocycles. The molecule has 0 spiro atoms. The van der Waals surface area contributed by atoms with E-state index in [1.165, 1.54) is 5.39 Å². The van der Waals surface area contributed by atoms with Crippen molar-refractivity contribution in [1.29, 1.82) is 0 Å². The summed E-state index contributed by atoms with van der Waals surface area (Å²) in [4.78, 5) is 11.8. The monoisotopic (exact) mass is 289 g/mol. The number of anilines is 1. The molecule has 0 aliphatic heterocycles. The number of ether oxygens (including phenoxy) is 1. The normalized spacial score (nSPS) is 10.8. The molecule has 5 nitrogen and oxygen atoms in total. The van der Waals surface area contributed by atoms with Crippen molar-refractivity contribution in [1.82, 2.24) is 9.88 Å². The summed E-state index contributed by atoms with van der Waals surface area (Å²) in [6.07, 6.45) is 2.88. The number of nitrogens with one attached hydrogen (secondary N) is 2. The number of hydrogen-bond acceptors (Lipinski definition) is 2. The van der Waals surface area contributed by atoms with Crippen molar-refractivity contribution in [2.75, 3.05) is 25.1 Å². The Morgan fingerprint density at radius 1 is 1.29 bits per heavy atom. The van der Waals surface area contributed by atoms with Crippen LogP contribution in [-0.4, -0.2) is 30.4 Å². The molecule has 2 amide bonds. The molecule has 0 radical (unpaired) electrons. The highest BCUT2D eigenvalue weighted by Gasteiger charge is 2.04. The molecule has 2 N–H and O–H groups in total. The van der Waals surface area contributed by atoms with Crippen LogP contribution in [0.5, 0.6) is 0 Å². The summed E-state index contributed by atoms with van der Waals surface area (Å²) in [5.41, 5.74) is 1.94. The van der Waals surface area contributed by atoms with Gasteiger partial charge in [0.1, 0.15) is 0 Å². The van der Waals surface area contributed by atoms with Gasteiger partial charge in [-0.1, -0.05) is 6.07 Å². The summed E-state index contributed by atoms with van der Waals surface area (Å²) in [6, 6.07) is 7.84. The molecule has 0 saturated carbocycles. The van der Waals surface area contributed by atoms with Crippen LogP contribution in [0, 0.1) is 0 Å². The van der Waals surface area contributed by atoms with E-state index >= 15 is 0 Å².